The Morgan fingerprint density at radius 2 is 1.89 bits per heavy atom. The minimum atomic E-state index is 0.402. The summed E-state index contributed by atoms with van der Waals surface area (Å²) in [6, 6.07) is 16.1. The number of halogens is 1. The number of hydrogen-bond acceptors (Lipinski definition) is 2. The fraction of sp³-hybridized carbons (Fsp3) is 0.125. The van der Waals surface area contributed by atoms with Crippen molar-refractivity contribution in [3.05, 3.63) is 69.7 Å². The Morgan fingerprint density at radius 1 is 1.11 bits per heavy atom. The lowest BCUT2D eigenvalue weighted by Gasteiger charge is -2.22. The first-order valence-electron chi connectivity index (χ1n) is 6.23. The van der Waals surface area contributed by atoms with Gasteiger partial charge in [0.25, 0.3) is 0 Å². The van der Waals surface area contributed by atoms with Crippen molar-refractivity contribution < 1.29 is 5.11 Å². The average Bonchev–Trinajstić information content (AvgIpc) is 2.44. The molecule has 3 rings (SSSR count). The molecule has 0 radical (unpaired) electrons. The molecule has 1 heterocycles. The molecule has 0 aromatic heterocycles. The van der Waals surface area contributed by atoms with E-state index < -0.39 is 0 Å². The molecule has 0 saturated heterocycles. The van der Waals surface area contributed by atoms with Gasteiger partial charge in [-0.1, -0.05) is 46.3 Å². The normalized spacial score (nSPS) is 13.9. The van der Waals surface area contributed by atoms with Gasteiger partial charge < -0.3 is 10.4 Å². The van der Waals surface area contributed by atoms with Crippen LogP contribution in [0.4, 0.5) is 5.69 Å². The van der Waals surface area contributed by atoms with Crippen LogP contribution < -0.4 is 5.32 Å². The first-order valence-corrected chi connectivity index (χ1v) is 7.02. The second kappa shape index (κ2) is 5.10. The molecule has 0 amide bonds. The highest BCUT2D eigenvalue weighted by molar-refractivity contribution is 9.10. The molecule has 2 nitrogen and oxygen atoms in total. The van der Waals surface area contributed by atoms with E-state index in [-0.39, 0.29) is 0 Å². The van der Waals surface area contributed by atoms with Crippen LogP contribution in [-0.4, -0.2) is 11.7 Å². The Hall–Kier alpha value is -1.74. The van der Waals surface area contributed by atoms with Crippen molar-refractivity contribution in [2.24, 2.45) is 0 Å². The summed E-state index contributed by atoms with van der Waals surface area (Å²) in [4.78, 5) is 0. The number of benzene rings is 2. The number of rotatable bonds is 2. The Kier molecular flexibility index (Phi) is 3.30. The maximum atomic E-state index is 10.4. The van der Waals surface area contributed by atoms with Crippen molar-refractivity contribution in [1.29, 1.82) is 0 Å². The Balaban J connectivity index is 1.96. The predicted molar refractivity (Wildman–Crippen MR) is 82.3 cm³/mol. The van der Waals surface area contributed by atoms with Crippen LogP contribution in [0.2, 0.25) is 0 Å². The number of anilines is 1. The lowest BCUT2D eigenvalue weighted by molar-refractivity contribution is 0.502. The van der Waals surface area contributed by atoms with E-state index in [0.717, 1.165) is 27.7 Å². The van der Waals surface area contributed by atoms with Crippen LogP contribution in [0, 0.1) is 0 Å². The summed E-state index contributed by atoms with van der Waals surface area (Å²) in [6.45, 7) is 0.690. The van der Waals surface area contributed by atoms with Crippen LogP contribution in [0.5, 0.6) is 0 Å². The summed E-state index contributed by atoms with van der Waals surface area (Å²) in [6.07, 6.45) is 0.769. The first kappa shape index (κ1) is 12.3. The highest BCUT2D eigenvalue weighted by Gasteiger charge is 2.18. The lowest BCUT2D eigenvalue weighted by atomic mass is 9.97. The van der Waals surface area contributed by atoms with Crippen LogP contribution >= 0.6 is 15.9 Å². The second-order valence-corrected chi connectivity index (χ2v) is 5.57. The van der Waals surface area contributed by atoms with Gasteiger partial charge in [0.15, 0.2) is 0 Å². The number of aliphatic hydroxyl groups is 1. The zero-order chi connectivity index (χ0) is 13.2. The molecule has 2 aromatic rings. The molecule has 2 aromatic carbocycles. The van der Waals surface area contributed by atoms with E-state index in [0.29, 0.717) is 12.3 Å². The number of fused-ring (bicyclic) bond motifs is 1. The molecule has 19 heavy (non-hydrogen) atoms. The van der Waals surface area contributed by atoms with Gasteiger partial charge in [0.05, 0.1) is 0 Å². The average molecular weight is 316 g/mol. The van der Waals surface area contributed by atoms with Crippen molar-refractivity contribution in [2.75, 3.05) is 11.9 Å². The van der Waals surface area contributed by atoms with Crippen molar-refractivity contribution in [3.63, 3.8) is 0 Å². The second-order valence-electron chi connectivity index (χ2n) is 4.66. The molecule has 3 heteroatoms. The topological polar surface area (TPSA) is 32.3 Å². The molecule has 0 saturated carbocycles. The molecule has 0 bridgehead atoms. The summed E-state index contributed by atoms with van der Waals surface area (Å²) in [5.74, 6) is 0.402. The molecule has 0 unspecified atom stereocenters. The highest BCUT2D eigenvalue weighted by Crippen LogP contribution is 2.32. The van der Waals surface area contributed by atoms with Crippen LogP contribution in [0.1, 0.15) is 11.1 Å². The molecular weight excluding hydrogens is 302 g/mol. The van der Waals surface area contributed by atoms with E-state index in [1.165, 1.54) is 5.56 Å². The molecule has 0 aliphatic carbocycles. The largest absolute Gasteiger partial charge is 0.507 e. The van der Waals surface area contributed by atoms with Crippen LogP contribution in [0.3, 0.4) is 0 Å². The number of nitrogens with one attached hydrogen (secondary N) is 1. The van der Waals surface area contributed by atoms with Crippen LogP contribution in [0.15, 0.2) is 58.6 Å². The van der Waals surface area contributed by atoms with Gasteiger partial charge in [0, 0.05) is 22.3 Å². The predicted octanol–water partition coefficient (Wildman–Crippen LogP) is 4.39. The van der Waals surface area contributed by atoms with Crippen molar-refractivity contribution in [1.82, 2.24) is 0 Å². The highest BCUT2D eigenvalue weighted by atomic mass is 79.9. The van der Waals surface area contributed by atoms with E-state index in [9.17, 15) is 5.11 Å². The zero-order valence-electron chi connectivity index (χ0n) is 10.4. The fourth-order valence-electron chi connectivity index (χ4n) is 2.33. The van der Waals surface area contributed by atoms with E-state index in [1.54, 1.807) is 0 Å². The standard InChI is InChI=1S/C16H14BrNO/c17-13-6-7-15-14(9-13)16(19)12(10-18-15)8-11-4-2-1-3-5-11/h1-7,9,18-19H,8,10H2. The summed E-state index contributed by atoms with van der Waals surface area (Å²) < 4.78 is 0.973. The number of hydrogen-bond donors (Lipinski definition) is 2. The molecule has 96 valence electrons. The van der Waals surface area contributed by atoms with E-state index in [2.05, 4.69) is 33.4 Å². The quantitative estimate of drug-likeness (QED) is 0.861. The maximum absolute atomic E-state index is 10.4. The van der Waals surface area contributed by atoms with Gasteiger partial charge in [0.2, 0.25) is 0 Å². The van der Waals surface area contributed by atoms with E-state index >= 15 is 0 Å². The van der Waals surface area contributed by atoms with Gasteiger partial charge in [-0.3, -0.25) is 0 Å². The van der Waals surface area contributed by atoms with Crippen LogP contribution in [0.25, 0.3) is 5.76 Å². The third-order valence-electron chi connectivity index (χ3n) is 3.32. The minimum absolute atomic E-state index is 0.402. The van der Waals surface area contributed by atoms with Crippen molar-refractivity contribution >= 4 is 27.4 Å². The SMILES string of the molecule is OC1=C(Cc2ccccc2)CNc2ccc(Br)cc21. The molecule has 0 fully saturated rings. The van der Waals surface area contributed by atoms with Gasteiger partial charge >= 0.3 is 0 Å². The molecular formula is C16H14BrNO. The molecule has 0 spiro atoms. The van der Waals surface area contributed by atoms with Crippen molar-refractivity contribution in [2.45, 2.75) is 6.42 Å². The van der Waals surface area contributed by atoms with Crippen molar-refractivity contribution in [3.8, 4) is 0 Å². The van der Waals surface area contributed by atoms with Gasteiger partial charge in [-0.25, -0.2) is 0 Å². The smallest absolute Gasteiger partial charge is 0.126 e. The molecule has 1 aliphatic rings. The summed E-state index contributed by atoms with van der Waals surface area (Å²) >= 11 is 3.44. The fourth-order valence-corrected chi connectivity index (χ4v) is 2.69. The molecule has 0 atom stereocenters. The first-order chi connectivity index (χ1) is 9.24. The third-order valence-corrected chi connectivity index (χ3v) is 3.82. The number of aliphatic hydroxyl groups excluding tert-OH is 1. The van der Waals surface area contributed by atoms with E-state index in [1.807, 2.05) is 36.4 Å². The van der Waals surface area contributed by atoms with Gasteiger partial charge in [-0.05, 0) is 35.8 Å². The monoisotopic (exact) mass is 315 g/mol. The van der Waals surface area contributed by atoms with Crippen LogP contribution in [-0.2, 0) is 6.42 Å². The third kappa shape index (κ3) is 2.51. The lowest BCUT2D eigenvalue weighted by Crippen LogP contribution is -2.15. The molecule has 2 N–H and O–H groups in total. The Labute approximate surface area is 120 Å². The van der Waals surface area contributed by atoms with Gasteiger partial charge in [-0.2, -0.15) is 0 Å². The summed E-state index contributed by atoms with van der Waals surface area (Å²) in [7, 11) is 0. The van der Waals surface area contributed by atoms with Gasteiger partial charge in [0.1, 0.15) is 5.76 Å². The summed E-state index contributed by atoms with van der Waals surface area (Å²) in [5.41, 5.74) is 4.09. The summed E-state index contributed by atoms with van der Waals surface area (Å²) in [5, 5.41) is 13.8. The maximum Gasteiger partial charge on any atom is 0.126 e. The molecule has 1 aliphatic heterocycles. The van der Waals surface area contributed by atoms with Gasteiger partial charge in [-0.15, -0.1) is 0 Å². The zero-order valence-corrected chi connectivity index (χ0v) is 11.9. The Bertz CT molecular complexity index is 634. The minimum Gasteiger partial charge on any atom is -0.507 e. The Morgan fingerprint density at radius 3 is 2.68 bits per heavy atom. The van der Waals surface area contributed by atoms with E-state index in [4.69, 9.17) is 0 Å².